The monoisotopic (exact) mass is 389 g/mol. The molecule has 1 atom stereocenters. The van der Waals surface area contributed by atoms with E-state index in [0.717, 1.165) is 32.7 Å². The minimum Gasteiger partial charge on any atom is -0.497 e. The molecule has 2 saturated heterocycles. The molecule has 9 heteroatoms. The SMILES string of the molecule is COc1cccc(N2C(=O)[C@@H](C=NCCN3CCNCC3)C(=O)NC2=S)c1. The van der Waals surface area contributed by atoms with E-state index in [1.165, 1.54) is 11.1 Å². The molecule has 3 rings (SSSR count). The van der Waals surface area contributed by atoms with Gasteiger partial charge in [-0.05, 0) is 24.4 Å². The Morgan fingerprint density at radius 2 is 2.11 bits per heavy atom. The summed E-state index contributed by atoms with van der Waals surface area (Å²) in [6, 6.07) is 6.97. The fraction of sp³-hybridized carbons (Fsp3) is 0.444. The van der Waals surface area contributed by atoms with Gasteiger partial charge in [0, 0.05) is 45.0 Å². The molecule has 0 spiro atoms. The van der Waals surface area contributed by atoms with Gasteiger partial charge in [0.15, 0.2) is 11.0 Å². The van der Waals surface area contributed by atoms with Crippen LogP contribution in [-0.4, -0.2) is 74.4 Å². The van der Waals surface area contributed by atoms with Crippen molar-refractivity contribution in [1.82, 2.24) is 15.5 Å². The smallest absolute Gasteiger partial charge is 0.251 e. The van der Waals surface area contributed by atoms with Gasteiger partial charge in [-0.2, -0.15) is 0 Å². The van der Waals surface area contributed by atoms with Crippen molar-refractivity contribution < 1.29 is 14.3 Å². The number of hydrogen-bond donors (Lipinski definition) is 2. The summed E-state index contributed by atoms with van der Waals surface area (Å²) < 4.78 is 5.20. The second-order valence-electron chi connectivity index (χ2n) is 6.29. The van der Waals surface area contributed by atoms with Crippen LogP contribution >= 0.6 is 12.2 Å². The zero-order valence-electron chi connectivity index (χ0n) is 15.2. The summed E-state index contributed by atoms with van der Waals surface area (Å²) in [5, 5.41) is 5.94. The van der Waals surface area contributed by atoms with Crippen molar-refractivity contribution in [2.75, 3.05) is 51.3 Å². The maximum atomic E-state index is 12.9. The van der Waals surface area contributed by atoms with Crippen LogP contribution in [0.1, 0.15) is 0 Å². The molecule has 2 amide bonds. The molecule has 1 aromatic rings. The van der Waals surface area contributed by atoms with Crippen LogP contribution in [0, 0.1) is 5.92 Å². The highest BCUT2D eigenvalue weighted by molar-refractivity contribution is 7.80. The zero-order chi connectivity index (χ0) is 19.2. The largest absolute Gasteiger partial charge is 0.497 e. The quantitative estimate of drug-likeness (QED) is 0.406. The van der Waals surface area contributed by atoms with Gasteiger partial charge in [0.05, 0.1) is 19.3 Å². The molecule has 2 aliphatic rings. The van der Waals surface area contributed by atoms with Gasteiger partial charge in [-0.25, -0.2) is 0 Å². The van der Waals surface area contributed by atoms with Gasteiger partial charge in [-0.3, -0.25) is 24.4 Å². The molecule has 2 heterocycles. The van der Waals surface area contributed by atoms with Gasteiger partial charge in [0.25, 0.3) is 5.91 Å². The van der Waals surface area contributed by atoms with Crippen LogP contribution in [0.3, 0.4) is 0 Å². The van der Waals surface area contributed by atoms with Crippen molar-refractivity contribution in [3.05, 3.63) is 24.3 Å². The summed E-state index contributed by atoms with van der Waals surface area (Å²) in [5.74, 6) is -1.26. The second-order valence-corrected chi connectivity index (χ2v) is 6.68. The molecule has 27 heavy (non-hydrogen) atoms. The van der Waals surface area contributed by atoms with Crippen molar-refractivity contribution in [1.29, 1.82) is 0 Å². The third-order valence-corrected chi connectivity index (χ3v) is 4.81. The van der Waals surface area contributed by atoms with Crippen LogP contribution in [0.4, 0.5) is 5.69 Å². The number of hydrogen-bond acceptors (Lipinski definition) is 7. The Bertz CT molecular complexity index is 748. The normalized spacial score (nSPS) is 21.6. The van der Waals surface area contributed by atoms with E-state index in [-0.39, 0.29) is 5.11 Å². The van der Waals surface area contributed by atoms with Gasteiger partial charge in [-0.1, -0.05) is 6.07 Å². The van der Waals surface area contributed by atoms with E-state index >= 15 is 0 Å². The maximum absolute atomic E-state index is 12.9. The van der Waals surface area contributed by atoms with E-state index in [0.29, 0.717) is 18.0 Å². The van der Waals surface area contributed by atoms with Gasteiger partial charge in [0.1, 0.15) is 5.75 Å². The van der Waals surface area contributed by atoms with E-state index in [2.05, 4.69) is 20.5 Å². The zero-order valence-corrected chi connectivity index (χ0v) is 16.0. The number of nitrogens with zero attached hydrogens (tertiary/aromatic N) is 3. The molecule has 2 aliphatic heterocycles. The van der Waals surface area contributed by atoms with Gasteiger partial charge >= 0.3 is 0 Å². The topological polar surface area (TPSA) is 86.3 Å². The lowest BCUT2D eigenvalue weighted by molar-refractivity contribution is -0.130. The van der Waals surface area contributed by atoms with Crippen molar-refractivity contribution >= 4 is 41.0 Å². The molecule has 1 aromatic carbocycles. The van der Waals surface area contributed by atoms with Crippen molar-refractivity contribution in [2.24, 2.45) is 10.9 Å². The number of aliphatic imine (C=N–C) groups is 1. The van der Waals surface area contributed by atoms with Crippen LogP contribution in [0.2, 0.25) is 0 Å². The minimum absolute atomic E-state index is 0.0590. The van der Waals surface area contributed by atoms with Gasteiger partial charge in [-0.15, -0.1) is 0 Å². The van der Waals surface area contributed by atoms with E-state index in [1.54, 1.807) is 31.4 Å². The Morgan fingerprint density at radius 3 is 2.85 bits per heavy atom. The maximum Gasteiger partial charge on any atom is 0.251 e. The first-order valence-electron chi connectivity index (χ1n) is 8.86. The van der Waals surface area contributed by atoms with E-state index < -0.39 is 17.7 Å². The number of rotatable bonds is 6. The first-order valence-corrected chi connectivity index (χ1v) is 9.27. The number of piperazine rings is 1. The number of thiocarbonyl (C=S) groups is 1. The first-order chi connectivity index (χ1) is 13.1. The average molecular weight is 389 g/mol. The standard InChI is InChI=1S/C18H23N5O3S/c1-26-14-4-2-3-13(11-14)23-17(25)15(16(24)21-18(23)27)12-20-7-10-22-8-5-19-6-9-22/h2-4,11-12,15,19H,5-10H2,1H3,(H,21,24,27)/t15-/m0/s1. The van der Waals surface area contributed by atoms with E-state index in [4.69, 9.17) is 17.0 Å². The molecule has 0 saturated carbocycles. The summed E-state index contributed by atoms with van der Waals surface area (Å²) in [6.45, 7) is 5.26. The molecular weight excluding hydrogens is 366 g/mol. The number of anilines is 1. The Morgan fingerprint density at radius 1 is 1.33 bits per heavy atom. The number of benzene rings is 1. The highest BCUT2D eigenvalue weighted by Gasteiger charge is 2.38. The molecule has 0 aromatic heterocycles. The predicted molar refractivity (Wildman–Crippen MR) is 107 cm³/mol. The van der Waals surface area contributed by atoms with E-state index in [9.17, 15) is 9.59 Å². The fourth-order valence-corrected chi connectivity index (χ4v) is 3.33. The van der Waals surface area contributed by atoms with Gasteiger partial charge in [0.2, 0.25) is 5.91 Å². The van der Waals surface area contributed by atoms with Crippen LogP contribution in [0.5, 0.6) is 5.75 Å². The molecule has 144 valence electrons. The summed E-state index contributed by atoms with van der Waals surface area (Å²) in [4.78, 5) is 33.0. The van der Waals surface area contributed by atoms with E-state index in [1.807, 2.05) is 0 Å². The third-order valence-electron chi connectivity index (χ3n) is 4.52. The molecule has 0 unspecified atom stereocenters. The molecule has 2 N–H and O–H groups in total. The minimum atomic E-state index is -0.995. The third kappa shape index (κ3) is 4.68. The predicted octanol–water partition coefficient (Wildman–Crippen LogP) is 0.0351. The fourth-order valence-electron chi connectivity index (χ4n) is 3.03. The number of nitrogens with one attached hydrogen (secondary N) is 2. The van der Waals surface area contributed by atoms with Gasteiger partial charge < -0.3 is 15.4 Å². The number of methoxy groups -OCH3 is 1. The van der Waals surface area contributed by atoms with Crippen molar-refractivity contribution in [2.45, 2.75) is 0 Å². The average Bonchev–Trinajstić information content (AvgIpc) is 2.68. The Hall–Kier alpha value is -2.36. The molecule has 0 radical (unpaired) electrons. The summed E-state index contributed by atoms with van der Waals surface area (Å²) >= 11 is 5.19. The molecule has 2 fully saturated rings. The number of amides is 2. The summed E-state index contributed by atoms with van der Waals surface area (Å²) in [6.07, 6.45) is 1.43. The van der Waals surface area contributed by atoms with Crippen molar-refractivity contribution in [3.8, 4) is 5.75 Å². The van der Waals surface area contributed by atoms with Crippen LogP contribution < -0.4 is 20.3 Å². The highest BCUT2D eigenvalue weighted by atomic mass is 32.1. The molecule has 8 nitrogen and oxygen atoms in total. The van der Waals surface area contributed by atoms with Crippen LogP contribution in [-0.2, 0) is 9.59 Å². The van der Waals surface area contributed by atoms with Crippen LogP contribution in [0.15, 0.2) is 29.3 Å². The Kier molecular flexibility index (Phi) is 6.49. The number of carbonyl (C=O) groups excluding carboxylic acids is 2. The van der Waals surface area contributed by atoms with Crippen LogP contribution in [0.25, 0.3) is 0 Å². The Labute approximate surface area is 163 Å². The lowest BCUT2D eigenvalue weighted by atomic mass is 10.1. The Balaban J connectivity index is 1.67. The summed E-state index contributed by atoms with van der Waals surface area (Å²) in [7, 11) is 1.55. The second kappa shape index (κ2) is 9.03. The molecule has 0 bridgehead atoms. The lowest BCUT2D eigenvalue weighted by Gasteiger charge is -2.31. The summed E-state index contributed by atoms with van der Waals surface area (Å²) in [5.41, 5.74) is 0.545. The lowest BCUT2D eigenvalue weighted by Crippen LogP contribution is -2.58. The number of carbonyl (C=O) groups is 2. The molecule has 0 aliphatic carbocycles. The number of ether oxygens (including phenoxy) is 1. The molecular formula is C18H23N5O3S. The highest BCUT2D eigenvalue weighted by Crippen LogP contribution is 2.24. The van der Waals surface area contributed by atoms with Crippen molar-refractivity contribution in [3.63, 3.8) is 0 Å². The first kappa shape index (κ1) is 19.4.